The van der Waals surface area contributed by atoms with Crippen molar-refractivity contribution < 1.29 is 4.74 Å². The molecule has 0 aliphatic rings. The van der Waals surface area contributed by atoms with Gasteiger partial charge in [0.15, 0.2) is 11.1 Å². The van der Waals surface area contributed by atoms with Crippen molar-refractivity contribution in [1.82, 2.24) is 15.6 Å². The number of aliphatic imine (C=N–C) groups is 1. The Balaban J connectivity index is 1.79. The van der Waals surface area contributed by atoms with Gasteiger partial charge in [0.25, 0.3) is 0 Å². The van der Waals surface area contributed by atoms with Gasteiger partial charge in [0.1, 0.15) is 12.4 Å². The minimum absolute atomic E-state index is 0.555. The number of aromatic nitrogens is 1. The molecule has 1 heterocycles. The Hall–Kier alpha value is -2.28. The fourth-order valence-electron chi connectivity index (χ4n) is 1.93. The van der Waals surface area contributed by atoms with E-state index in [0.717, 1.165) is 29.1 Å². The molecule has 2 N–H and O–H groups in total. The number of benzene rings is 1. The van der Waals surface area contributed by atoms with E-state index in [-0.39, 0.29) is 0 Å². The van der Waals surface area contributed by atoms with E-state index in [9.17, 15) is 0 Å². The van der Waals surface area contributed by atoms with Crippen LogP contribution in [0.2, 0.25) is 0 Å². The highest BCUT2D eigenvalue weighted by molar-refractivity contribution is 7.13. The van der Waals surface area contributed by atoms with Gasteiger partial charge >= 0.3 is 0 Å². The molecule has 0 saturated heterocycles. The summed E-state index contributed by atoms with van der Waals surface area (Å²) in [5, 5.41) is 9.54. The lowest BCUT2D eigenvalue weighted by molar-refractivity contribution is 0.322. The monoisotopic (exact) mass is 347 g/mol. The quantitative estimate of drug-likeness (QED) is 0.436. The summed E-state index contributed by atoms with van der Waals surface area (Å²) < 4.78 is 5.67. The molecule has 0 radical (unpaired) electrons. The van der Waals surface area contributed by atoms with Crippen molar-refractivity contribution in [3.8, 4) is 5.75 Å². The number of guanidine groups is 1. The minimum atomic E-state index is 0.555. The third-order valence-electron chi connectivity index (χ3n) is 3.07. The van der Waals surface area contributed by atoms with Crippen LogP contribution in [0.15, 0.2) is 40.7 Å². The number of hydrogen-bond donors (Lipinski definition) is 2. The SMILES string of the molecule is CCNC(=NCc1csc(N(C)C)n1)NCCOc1ccccc1. The molecule has 2 aromatic rings. The van der Waals surface area contributed by atoms with Crippen molar-refractivity contribution in [2.45, 2.75) is 13.5 Å². The Bertz CT molecular complexity index is 627. The van der Waals surface area contributed by atoms with E-state index in [4.69, 9.17) is 4.74 Å². The summed E-state index contributed by atoms with van der Waals surface area (Å²) in [5.41, 5.74) is 0.974. The van der Waals surface area contributed by atoms with E-state index < -0.39 is 0 Å². The van der Waals surface area contributed by atoms with Crippen molar-refractivity contribution in [3.63, 3.8) is 0 Å². The highest BCUT2D eigenvalue weighted by Crippen LogP contribution is 2.18. The summed E-state index contributed by atoms with van der Waals surface area (Å²) in [5.74, 6) is 1.65. The fraction of sp³-hybridized carbons (Fsp3) is 0.412. The predicted molar refractivity (Wildman–Crippen MR) is 101 cm³/mol. The summed E-state index contributed by atoms with van der Waals surface area (Å²) in [6.07, 6.45) is 0. The highest BCUT2D eigenvalue weighted by atomic mass is 32.1. The molecule has 6 nitrogen and oxygen atoms in total. The Kier molecular flexibility index (Phi) is 7.35. The van der Waals surface area contributed by atoms with Crippen molar-refractivity contribution in [1.29, 1.82) is 0 Å². The van der Waals surface area contributed by atoms with Gasteiger partial charge < -0.3 is 20.3 Å². The molecule has 0 aliphatic heterocycles. The van der Waals surface area contributed by atoms with Crippen LogP contribution in [0, 0.1) is 0 Å². The van der Waals surface area contributed by atoms with Crippen molar-refractivity contribution in [2.24, 2.45) is 4.99 Å². The van der Waals surface area contributed by atoms with E-state index in [1.807, 2.05) is 61.6 Å². The van der Waals surface area contributed by atoms with Gasteiger partial charge in [-0.05, 0) is 19.1 Å². The zero-order chi connectivity index (χ0) is 17.2. The lowest BCUT2D eigenvalue weighted by atomic mass is 10.3. The number of para-hydroxylation sites is 1. The van der Waals surface area contributed by atoms with Gasteiger partial charge in [0, 0.05) is 26.0 Å². The zero-order valence-electron chi connectivity index (χ0n) is 14.5. The second kappa shape index (κ2) is 9.77. The number of hydrogen-bond acceptors (Lipinski definition) is 5. The summed E-state index contributed by atoms with van der Waals surface area (Å²) >= 11 is 1.63. The van der Waals surface area contributed by atoms with Crippen LogP contribution in [0.25, 0.3) is 0 Å². The molecule has 0 spiro atoms. The van der Waals surface area contributed by atoms with Crippen LogP contribution in [0.1, 0.15) is 12.6 Å². The van der Waals surface area contributed by atoms with Crippen LogP contribution in [0.4, 0.5) is 5.13 Å². The van der Waals surface area contributed by atoms with E-state index in [1.165, 1.54) is 0 Å². The van der Waals surface area contributed by atoms with Gasteiger partial charge in [-0.2, -0.15) is 0 Å². The molecule has 24 heavy (non-hydrogen) atoms. The summed E-state index contributed by atoms with van der Waals surface area (Å²) in [6, 6.07) is 9.79. The zero-order valence-corrected chi connectivity index (χ0v) is 15.3. The first kappa shape index (κ1) is 18.1. The normalized spacial score (nSPS) is 11.2. The van der Waals surface area contributed by atoms with Gasteiger partial charge in [-0.15, -0.1) is 11.3 Å². The third kappa shape index (κ3) is 6.08. The molecule has 1 aromatic carbocycles. The molecule has 7 heteroatoms. The summed E-state index contributed by atoms with van der Waals surface area (Å²) in [4.78, 5) is 11.1. The standard InChI is InChI=1S/C17H25N5OS/c1-4-18-16(19-10-11-23-15-8-6-5-7-9-15)20-12-14-13-24-17(21-14)22(2)3/h5-9,13H,4,10-12H2,1-3H3,(H2,18,19,20). The van der Waals surface area contributed by atoms with Crippen LogP contribution in [0.3, 0.4) is 0 Å². The number of anilines is 1. The van der Waals surface area contributed by atoms with Crippen LogP contribution >= 0.6 is 11.3 Å². The Labute approximate surface area is 147 Å². The highest BCUT2D eigenvalue weighted by Gasteiger charge is 2.04. The van der Waals surface area contributed by atoms with Crippen LogP contribution in [0.5, 0.6) is 5.75 Å². The van der Waals surface area contributed by atoms with Crippen LogP contribution in [-0.2, 0) is 6.54 Å². The van der Waals surface area contributed by atoms with Crippen molar-refractivity contribution in [2.75, 3.05) is 38.7 Å². The average molecular weight is 347 g/mol. The summed E-state index contributed by atoms with van der Waals surface area (Å²) in [6.45, 7) is 4.67. The van der Waals surface area contributed by atoms with Gasteiger partial charge in [0.05, 0.1) is 18.8 Å². The number of ether oxygens (including phenoxy) is 1. The first-order chi connectivity index (χ1) is 11.7. The molecule has 0 bridgehead atoms. The lowest BCUT2D eigenvalue weighted by Gasteiger charge is -2.11. The molecular formula is C17H25N5OS. The van der Waals surface area contributed by atoms with Gasteiger partial charge in [-0.1, -0.05) is 18.2 Å². The number of nitrogens with zero attached hydrogens (tertiary/aromatic N) is 3. The number of rotatable bonds is 8. The summed E-state index contributed by atoms with van der Waals surface area (Å²) in [7, 11) is 3.98. The van der Waals surface area contributed by atoms with Crippen LogP contribution in [-0.4, -0.2) is 44.7 Å². The largest absolute Gasteiger partial charge is 0.492 e. The number of thiazole rings is 1. The van der Waals surface area contributed by atoms with Gasteiger partial charge in [-0.3, -0.25) is 0 Å². The Morgan fingerprint density at radius 3 is 2.71 bits per heavy atom. The van der Waals surface area contributed by atoms with Gasteiger partial charge in [0.2, 0.25) is 0 Å². The topological polar surface area (TPSA) is 61.8 Å². The molecule has 0 unspecified atom stereocenters. The second-order valence-electron chi connectivity index (χ2n) is 5.30. The van der Waals surface area contributed by atoms with Crippen LogP contribution < -0.4 is 20.3 Å². The molecule has 0 saturated carbocycles. The first-order valence-corrected chi connectivity index (χ1v) is 8.88. The second-order valence-corrected chi connectivity index (χ2v) is 6.14. The van der Waals surface area contributed by atoms with Gasteiger partial charge in [-0.25, -0.2) is 9.98 Å². The van der Waals surface area contributed by atoms with E-state index >= 15 is 0 Å². The molecule has 0 amide bonds. The average Bonchev–Trinajstić information content (AvgIpc) is 3.06. The van der Waals surface area contributed by atoms with E-state index in [1.54, 1.807) is 11.3 Å². The molecule has 0 fully saturated rings. The number of nitrogens with one attached hydrogen (secondary N) is 2. The predicted octanol–water partition coefficient (Wildman–Crippen LogP) is 2.34. The maximum atomic E-state index is 5.67. The maximum Gasteiger partial charge on any atom is 0.191 e. The van der Waals surface area contributed by atoms with E-state index in [2.05, 4.69) is 20.6 Å². The fourth-order valence-corrected chi connectivity index (χ4v) is 2.68. The molecular weight excluding hydrogens is 322 g/mol. The molecule has 130 valence electrons. The molecule has 0 aliphatic carbocycles. The molecule has 2 rings (SSSR count). The van der Waals surface area contributed by atoms with E-state index in [0.29, 0.717) is 19.7 Å². The smallest absolute Gasteiger partial charge is 0.191 e. The Morgan fingerprint density at radius 2 is 2.04 bits per heavy atom. The molecule has 0 atom stereocenters. The van der Waals surface area contributed by atoms with Crippen molar-refractivity contribution in [3.05, 3.63) is 41.4 Å². The maximum absolute atomic E-state index is 5.67. The van der Waals surface area contributed by atoms with Crippen molar-refractivity contribution >= 4 is 22.4 Å². The minimum Gasteiger partial charge on any atom is -0.492 e. The third-order valence-corrected chi connectivity index (χ3v) is 4.13. The first-order valence-electron chi connectivity index (χ1n) is 8.00. The molecule has 1 aromatic heterocycles. The lowest BCUT2D eigenvalue weighted by Crippen LogP contribution is -2.39. The Morgan fingerprint density at radius 1 is 1.25 bits per heavy atom.